The summed E-state index contributed by atoms with van der Waals surface area (Å²) in [6, 6.07) is 11.9. The number of alkyl halides is 3. The first-order valence-corrected chi connectivity index (χ1v) is 8.10. The Balaban J connectivity index is 1.88. The molecule has 0 fully saturated rings. The Morgan fingerprint density at radius 3 is 2.42 bits per heavy atom. The molecule has 2 aromatic rings. The van der Waals surface area contributed by atoms with Crippen molar-refractivity contribution >= 4 is 17.5 Å². The van der Waals surface area contributed by atoms with Crippen LogP contribution in [0.25, 0.3) is 0 Å². The smallest absolute Gasteiger partial charge is 0.347 e. The second kappa shape index (κ2) is 8.51. The molecule has 4 nitrogen and oxygen atoms in total. The maximum Gasteiger partial charge on any atom is 0.416 e. The lowest BCUT2D eigenvalue weighted by Gasteiger charge is -2.11. The molecule has 7 heteroatoms. The fraction of sp³-hybridized carbons (Fsp3) is 0.263. The van der Waals surface area contributed by atoms with Gasteiger partial charge < -0.3 is 10.6 Å². The molecule has 2 aromatic carbocycles. The highest BCUT2D eigenvalue weighted by Gasteiger charge is 2.30. The first-order valence-electron chi connectivity index (χ1n) is 8.10. The minimum absolute atomic E-state index is 0.231. The van der Waals surface area contributed by atoms with Gasteiger partial charge in [-0.3, -0.25) is 9.59 Å². The minimum Gasteiger partial charge on any atom is -0.347 e. The molecule has 0 radical (unpaired) electrons. The summed E-state index contributed by atoms with van der Waals surface area (Å²) in [6.45, 7) is 1.71. The van der Waals surface area contributed by atoms with Crippen molar-refractivity contribution in [1.82, 2.24) is 5.32 Å². The van der Waals surface area contributed by atoms with Crippen LogP contribution in [0.4, 0.5) is 18.9 Å². The van der Waals surface area contributed by atoms with E-state index >= 15 is 0 Å². The molecule has 0 aromatic heterocycles. The molecule has 0 aliphatic heterocycles. The third kappa shape index (κ3) is 5.61. The van der Waals surface area contributed by atoms with Gasteiger partial charge in [-0.05, 0) is 29.7 Å². The van der Waals surface area contributed by atoms with Crippen LogP contribution in [0.15, 0.2) is 48.5 Å². The summed E-state index contributed by atoms with van der Waals surface area (Å²) in [5.41, 5.74) is 1.06. The molecular weight excluding hydrogens is 345 g/mol. The number of para-hydroxylation sites is 1. The Hall–Kier alpha value is -2.83. The lowest BCUT2D eigenvalue weighted by atomic mass is 10.1. The number of anilines is 1. The number of amides is 2. The van der Waals surface area contributed by atoms with Gasteiger partial charge in [0.1, 0.15) is 0 Å². The average Bonchev–Trinajstić information content (AvgIpc) is 2.60. The van der Waals surface area contributed by atoms with Crippen LogP contribution < -0.4 is 10.6 Å². The van der Waals surface area contributed by atoms with Crippen LogP contribution in [-0.2, 0) is 28.6 Å². The summed E-state index contributed by atoms with van der Waals surface area (Å²) in [5, 5.41) is 5.12. The molecule has 2 N–H and O–H groups in total. The third-order valence-electron chi connectivity index (χ3n) is 3.74. The Kier molecular flexibility index (Phi) is 6.38. The molecule has 0 heterocycles. The first-order chi connectivity index (χ1) is 12.3. The maximum atomic E-state index is 12.7. The van der Waals surface area contributed by atoms with Gasteiger partial charge in [0, 0.05) is 5.69 Å². The van der Waals surface area contributed by atoms with Crippen molar-refractivity contribution in [1.29, 1.82) is 0 Å². The fourth-order valence-corrected chi connectivity index (χ4v) is 2.43. The van der Waals surface area contributed by atoms with Crippen molar-refractivity contribution in [2.24, 2.45) is 0 Å². The Bertz CT molecular complexity index is 788. The highest BCUT2D eigenvalue weighted by atomic mass is 19.4. The van der Waals surface area contributed by atoms with Gasteiger partial charge in [-0.1, -0.05) is 43.3 Å². The zero-order valence-corrected chi connectivity index (χ0v) is 14.2. The number of carbonyl (C=O) groups excluding carboxylic acids is 2. The second-order valence-electron chi connectivity index (χ2n) is 5.71. The highest BCUT2D eigenvalue weighted by Crippen LogP contribution is 2.29. The summed E-state index contributed by atoms with van der Waals surface area (Å²) in [7, 11) is 0. The van der Waals surface area contributed by atoms with Crippen LogP contribution >= 0.6 is 0 Å². The molecule has 0 spiro atoms. The molecule has 0 unspecified atom stereocenters. The van der Waals surface area contributed by atoms with E-state index in [4.69, 9.17) is 0 Å². The van der Waals surface area contributed by atoms with Crippen LogP contribution in [0.3, 0.4) is 0 Å². The average molecular weight is 364 g/mol. The highest BCUT2D eigenvalue weighted by molar-refractivity contribution is 5.95. The zero-order valence-electron chi connectivity index (χ0n) is 14.2. The summed E-state index contributed by atoms with van der Waals surface area (Å²) in [6.07, 6.45) is -3.94. The van der Waals surface area contributed by atoms with E-state index < -0.39 is 23.6 Å². The van der Waals surface area contributed by atoms with Crippen molar-refractivity contribution in [2.75, 3.05) is 11.9 Å². The number of hydrogen-bond donors (Lipinski definition) is 2. The van der Waals surface area contributed by atoms with Gasteiger partial charge in [0.05, 0.1) is 18.5 Å². The molecule has 0 aliphatic rings. The van der Waals surface area contributed by atoms with E-state index in [1.807, 2.05) is 19.1 Å². The monoisotopic (exact) mass is 364 g/mol. The Morgan fingerprint density at radius 2 is 1.73 bits per heavy atom. The molecule has 26 heavy (non-hydrogen) atoms. The van der Waals surface area contributed by atoms with Crippen molar-refractivity contribution in [3.8, 4) is 0 Å². The van der Waals surface area contributed by atoms with E-state index in [0.717, 1.165) is 24.1 Å². The van der Waals surface area contributed by atoms with Gasteiger partial charge in [0.2, 0.25) is 11.8 Å². The van der Waals surface area contributed by atoms with Gasteiger partial charge in [-0.25, -0.2) is 0 Å². The fourth-order valence-electron chi connectivity index (χ4n) is 2.43. The van der Waals surface area contributed by atoms with E-state index in [1.165, 1.54) is 12.1 Å². The van der Waals surface area contributed by atoms with Crippen LogP contribution in [0.5, 0.6) is 0 Å². The number of hydrogen-bond acceptors (Lipinski definition) is 2. The first kappa shape index (κ1) is 19.5. The second-order valence-corrected chi connectivity index (χ2v) is 5.71. The van der Waals surface area contributed by atoms with Gasteiger partial charge in [-0.2, -0.15) is 13.2 Å². The summed E-state index contributed by atoms with van der Waals surface area (Å²) >= 11 is 0. The van der Waals surface area contributed by atoms with E-state index in [9.17, 15) is 22.8 Å². The van der Waals surface area contributed by atoms with Crippen molar-refractivity contribution in [2.45, 2.75) is 25.9 Å². The largest absolute Gasteiger partial charge is 0.416 e. The van der Waals surface area contributed by atoms with Gasteiger partial charge >= 0.3 is 6.18 Å². The molecule has 2 rings (SSSR count). The molecule has 0 atom stereocenters. The third-order valence-corrected chi connectivity index (χ3v) is 3.74. The summed E-state index contributed by atoms with van der Waals surface area (Å²) in [5.74, 6) is -0.924. The van der Waals surface area contributed by atoms with Crippen LogP contribution in [0, 0.1) is 0 Å². The Labute approximate surface area is 149 Å². The number of nitrogens with one attached hydrogen (secondary N) is 2. The topological polar surface area (TPSA) is 58.2 Å². The lowest BCUT2D eigenvalue weighted by molar-refractivity contribution is -0.137. The van der Waals surface area contributed by atoms with Gasteiger partial charge in [-0.15, -0.1) is 0 Å². The summed E-state index contributed by atoms with van der Waals surface area (Å²) in [4.78, 5) is 23.8. The SMILES string of the molecule is CCc1ccccc1NC(=O)CNC(=O)Cc1cccc(C(F)(F)F)c1. The number of carbonyl (C=O) groups is 2. The molecular formula is C19H19F3N2O2. The van der Waals surface area contributed by atoms with E-state index in [2.05, 4.69) is 10.6 Å². The number of benzene rings is 2. The van der Waals surface area contributed by atoms with Crippen LogP contribution in [0.2, 0.25) is 0 Å². The molecule has 2 amide bonds. The predicted octanol–water partition coefficient (Wildman–Crippen LogP) is 3.57. The molecule has 0 saturated heterocycles. The molecule has 0 aliphatic carbocycles. The zero-order chi connectivity index (χ0) is 19.2. The van der Waals surface area contributed by atoms with Crippen molar-refractivity contribution in [3.63, 3.8) is 0 Å². The summed E-state index contributed by atoms with van der Waals surface area (Å²) < 4.78 is 38.0. The number of aryl methyl sites for hydroxylation is 1. The molecule has 138 valence electrons. The number of rotatable bonds is 6. The normalized spacial score (nSPS) is 11.1. The van der Waals surface area contributed by atoms with Crippen LogP contribution in [-0.4, -0.2) is 18.4 Å². The lowest BCUT2D eigenvalue weighted by Crippen LogP contribution is -2.34. The molecule has 0 saturated carbocycles. The van der Waals surface area contributed by atoms with Gasteiger partial charge in [0.15, 0.2) is 0 Å². The predicted molar refractivity (Wildman–Crippen MR) is 92.6 cm³/mol. The number of halogens is 3. The van der Waals surface area contributed by atoms with E-state index in [0.29, 0.717) is 5.69 Å². The van der Waals surface area contributed by atoms with Crippen molar-refractivity contribution in [3.05, 3.63) is 65.2 Å². The van der Waals surface area contributed by atoms with Crippen molar-refractivity contribution < 1.29 is 22.8 Å². The van der Waals surface area contributed by atoms with E-state index in [-0.39, 0.29) is 18.5 Å². The van der Waals surface area contributed by atoms with E-state index in [1.54, 1.807) is 12.1 Å². The standard InChI is InChI=1S/C19H19F3N2O2/c1-2-14-7-3-4-9-16(14)24-18(26)12-23-17(25)11-13-6-5-8-15(10-13)19(20,21)22/h3-10H,2,11-12H2,1H3,(H,23,25)(H,24,26). The van der Waals surface area contributed by atoms with Crippen LogP contribution in [0.1, 0.15) is 23.6 Å². The Morgan fingerprint density at radius 1 is 1.00 bits per heavy atom. The minimum atomic E-state index is -4.46. The van der Waals surface area contributed by atoms with Gasteiger partial charge in [0.25, 0.3) is 0 Å². The quantitative estimate of drug-likeness (QED) is 0.823. The molecule has 0 bridgehead atoms. The maximum absolute atomic E-state index is 12.7.